The molecule has 2 aromatic carbocycles. The molecule has 3 rings (SSSR count). The maximum absolute atomic E-state index is 13.5. The van der Waals surface area contributed by atoms with Gasteiger partial charge in [0.05, 0.1) is 12.5 Å². The molecule has 0 radical (unpaired) electrons. The number of hydrogen-bond donors (Lipinski definition) is 0. The van der Waals surface area contributed by atoms with Gasteiger partial charge in [-0.25, -0.2) is 13.9 Å². The highest BCUT2D eigenvalue weighted by Crippen LogP contribution is 2.21. The molecular formula is C21H21FN2O4. The van der Waals surface area contributed by atoms with Crippen LogP contribution in [0.15, 0.2) is 47.3 Å². The van der Waals surface area contributed by atoms with Crippen molar-refractivity contribution in [1.29, 1.82) is 0 Å². The summed E-state index contributed by atoms with van der Waals surface area (Å²) in [5.41, 5.74) is 0.189. The Morgan fingerprint density at radius 2 is 1.89 bits per heavy atom. The number of esters is 1. The van der Waals surface area contributed by atoms with Gasteiger partial charge in [-0.05, 0) is 30.2 Å². The summed E-state index contributed by atoms with van der Waals surface area (Å²) < 4.78 is 25.3. The van der Waals surface area contributed by atoms with E-state index in [1.54, 1.807) is 24.3 Å². The van der Waals surface area contributed by atoms with Gasteiger partial charge in [0, 0.05) is 17.5 Å². The number of ether oxygens (including phenoxy) is 2. The fraction of sp³-hybridized carbons (Fsp3) is 0.286. The fourth-order valence-electron chi connectivity index (χ4n) is 2.93. The van der Waals surface area contributed by atoms with Crippen LogP contribution >= 0.6 is 0 Å². The predicted molar refractivity (Wildman–Crippen MR) is 103 cm³/mol. The number of carbonyl (C=O) groups is 1. The van der Waals surface area contributed by atoms with E-state index in [4.69, 9.17) is 9.47 Å². The summed E-state index contributed by atoms with van der Waals surface area (Å²) in [5, 5.41) is 5.05. The van der Waals surface area contributed by atoms with Crippen LogP contribution in [-0.4, -0.2) is 22.9 Å². The lowest BCUT2D eigenvalue weighted by molar-refractivity contribution is 0.0462. The van der Waals surface area contributed by atoms with Gasteiger partial charge in [-0.15, -0.1) is 0 Å². The second-order valence-corrected chi connectivity index (χ2v) is 6.81. The van der Waals surface area contributed by atoms with Crippen molar-refractivity contribution < 1.29 is 18.7 Å². The van der Waals surface area contributed by atoms with E-state index in [-0.39, 0.29) is 23.8 Å². The minimum atomic E-state index is -0.694. The SMILES string of the molecule is COc1ccc(F)cc1COC(=O)c1nn(CC(C)C)c(=O)c2ccccc12. The average molecular weight is 384 g/mol. The highest BCUT2D eigenvalue weighted by molar-refractivity contribution is 6.02. The van der Waals surface area contributed by atoms with Crippen LogP contribution < -0.4 is 10.3 Å². The second kappa shape index (κ2) is 8.21. The first-order chi connectivity index (χ1) is 13.4. The largest absolute Gasteiger partial charge is 0.496 e. The number of methoxy groups -OCH3 is 1. The molecule has 28 heavy (non-hydrogen) atoms. The molecule has 0 aliphatic rings. The van der Waals surface area contributed by atoms with Gasteiger partial charge in [-0.2, -0.15) is 5.10 Å². The predicted octanol–water partition coefficient (Wildman–Crippen LogP) is 3.56. The maximum atomic E-state index is 13.5. The molecule has 0 bridgehead atoms. The van der Waals surface area contributed by atoms with E-state index in [2.05, 4.69) is 5.10 Å². The van der Waals surface area contributed by atoms with Crippen molar-refractivity contribution in [3.05, 3.63) is 69.9 Å². The molecule has 1 heterocycles. The summed E-state index contributed by atoms with van der Waals surface area (Å²) in [6.45, 7) is 4.11. The smallest absolute Gasteiger partial charge is 0.359 e. The Hall–Kier alpha value is -3.22. The quantitative estimate of drug-likeness (QED) is 0.608. The molecule has 0 fully saturated rings. The van der Waals surface area contributed by atoms with Crippen molar-refractivity contribution in [1.82, 2.24) is 9.78 Å². The standard InChI is InChI=1S/C21H21FN2O4/c1-13(2)11-24-20(25)17-7-5-4-6-16(17)19(23-24)21(26)28-12-14-10-15(22)8-9-18(14)27-3/h4-10,13H,11-12H2,1-3H3. The molecule has 146 valence electrons. The van der Waals surface area contributed by atoms with Crippen LogP contribution in [0, 0.1) is 11.7 Å². The number of fused-ring (bicyclic) bond motifs is 1. The van der Waals surface area contributed by atoms with E-state index in [1.807, 2.05) is 13.8 Å². The molecule has 1 aromatic heterocycles. The Morgan fingerprint density at radius 1 is 1.18 bits per heavy atom. The third kappa shape index (κ3) is 4.03. The summed E-state index contributed by atoms with van der Waals surface area (Å²) in [5.74, 6) is -0.565. The van der Waals surface area contributed by atoms with Gasteiger partial charge >= 0.3 is 5.97 Å². The lowest BCUT2D eigenvalue weighted by Gasteiger charge is -2.13. The zero-order chi connectivity index (χ0) is 20.3. The van der Waals surface area contributed by atoms with Crippen molar-refractivity contribution in [3.8, 4) is 5.75 Å². The maximum Gasteiger partial charge on any atom is 0.359 e. The number of benzene rings is 2. The van der Waals surface area contributed by atoms with E-state index < -0.39 is 11.8 Å². The van der Waals surface area contributed by atoms with E-state index in [9.17, 15) is 14.0 Å². The van der Waals surface area contributed by atoms with E-state index >= 15 is 0 Å². The van der Waals surface area contributed by atoms with Gasteiger partial charge in [0.2, 0.25) is 0 Å². The molecule has 0 saturated carbocycles. The normalized spacial score (nSPS) is 11.0. The van der Waals surface area contributed by atoms with Crippen molar-refractivity contribution >= 4 is 16.7 Å². The first kappa shape index (κ1) is 19.5. The van der Waals surface area contributed by atoms with Crippen LogP contribution in [0.4, 0.5) is 4.39 Å². The fourth-order valence-corrected chi connectivity index (χ4v) is 2.93. The molecular weight excluding hydrogens is 363 g/mol. The summed E-state index contributed by atoms with van der Waals surface area (Å²) in [6, 6.07) is 10.7. The van der Waals surface area contributed by atoms with Gasteiger partial charge < -0.3 is 9.47 Å². The molecule has 0 aliphatic carbocycles. The number of hydrogen-bond acceptors (Lipinski definition) is 5. The van der Waals surface area contributed by atoms with Gasteiger partial charge in [0.15, 0.2) is 5.69 Å². The van der Waals surface area contributed by atoms with Crippen molar-refractivity contribution in [2.24, 2.45) is 5.92 Å². The Morgan fingerprint density at radius 3 is 2.57 bits per heavy atom. The van der Waals surface area contributed by atoms with Crippen LogP contribution in [0.3, 0.4) is 0 Å². The molecule has 0 aliphatic heterocycles. The molecule has 0 spiro atoms. The van der Waals surface area contributed by atoms with E-state index in [1.165, 1.54) is 30.0 Å². The van der Waals surface area contributed by atoms with Crippen molar-refractivity contribution in [2.45, 2.75) is 27.0 Å². The number of carbonyl (C=O) groups excluding carboxylic acids is 1. The highest BCUT2D eigenvalue weighted by Gasteiger charge is 2.19. The lowest BCUT2D eigenvalue weighted by Crippen LogP contribution is -2.28. The monoisotopic (exact) mass is 384 g/mol. The number of aromatic nitrogens is 2. The molecule has 0 amide bonds. The van der Waals surface area contributed by atoms with Crippen LogP contribution in [0.2, 0.25) is 0 Å². The Bertz CT molecular complexity index is 1080. The second-order valence-electron chi connectivity index (χ2n) is 6.81. The molecule has 7 heteroatoms. The highest BCUT2D eigenvalue weighted by atomic mass is 19.1. The minimum Gasteiger partial charge on any atom is -0.496 e. The Kier molecular flexibility index (Phi) is 5.73. The van der Waals surface area contributed by atoms with Gasteiger partial charge in [0.1, 0.15) is 18.2 Å². The van der Waals surface area contributed by atoms with E-state index in [0.29, 0.717) is 28.6 Å². The van der Waals surface area contributed by atoms with Crippen molar-refractivity contribution in [3.63, 3.8) is 0 Å². The third-order valence-corrected chi connectivity index (χ3v) is 4.20. The van der Waals surface area contributed by atoms with Gasteiger partial charge in [-0.1, -0.05) is 32.0 Å². The molecule has 3 aromatic rings. The number of nitrogens with zero attached hydrogens (tertiary/aromatic N) is 2. The zero-order valence-corrected chi connectivity index (χ0v) is 15.9. The van der Waals surface area contributed by atoms with Crippen molar-refractivity contribution in [2.75, 3.05) is 7.11 Å². The molecule has 0 N–H and O–H groups in total. The number of rotatable bonds is 6. The summed E-state index contributed by atoms with van der Waals surface area (Å²) in [6.07, 6.45) is 0. The van der Waals surface area contributed by atoms with Gasteiger partial charge in [-0.3, -0.25) is 4.79 Å². The van der Waals surface area contributed by atoms with Crippen LogP contribution in [0.25, 0.3) is 10.8 Å². The molecule has 6 nitrogen and oxygen atoms in total. The minimum absolute atomic E-state index is 0.0474. The summed E-state index contributed by atoms with van der Waals surface area (Å²) in [4.78, 5) is 25.4. The first-order valence-electron chi connectivity index (χ1n) is 8.90. The first-order valence-corrected chi connectivity index (χ1v) is 8.90. The number of halogens is 1. The summed E-state index contributed by atoms with van der Waals surface area (Å²) >= 11 is 0. The molecule has 0 atom stereocenters. The Balaban J connectivity index is 1.96. The average Bonchev–Trinajstić information content (AvgIpc) is 2.68. The van der Waals surface area contributed by atoms with E-state index in [0.717, 1.165) is 0 Å². The Labute approximate surface area is 161 Å². The zero-order valence-electron chi connectivity index (χ0n) is 15.9. The van der Waals surface area contributed by atoms with Crippen LogP contribution in [0.1, 0.15) is 29.9 Å². The topological polar surface area (TPSA) is 70.4 Å². The van der Waals surface area contributed by atoms with Gasteiger partial charge in [0.25, 0.3) is 5.56 Å². The van der Waals surface area contributed by atoms with Crippen LogP contribution in [0.5, 0.6) is 5.75 Å². The third-order valence-electron chi connectivity index (χ3n) is 4.20. The summed E-state index contributed by atoms with van der Waals surface area (Å²) in [7, 11) is 1.45. The molecule has 0 saturated heterocycles. The molecule has 0 unspecified atom stereocenters. The lowest BCUT2D eigenvalue weighted by atomic mass is 10.1. The van der Waals surface area contributed by atoms with Crippen LogP contribution in [-0.2, 0) is 17.9 Å².